The number of benzene rings is 2. The zero-order chi connectivity index (χ0) is 25.8. The highest BCUT2D eigenvalue weighted by molar-refractivity contribution is 6.04. The fraction of sp³-hybridized carbons (Fsp3) is 0.0690. The molecule has 4 aromatic rings. The van der Waals surface area contributed by atoms with E-state index in [4.69, 9.17) is 5.11 Å². The summed E-state index contributed by atoms with van der Waals surface area (Å²) in [6.45, 7) is 0.275. The van der Waals surface area contributed by atoms with E-state index in [9.17, 15) is 14.4 Å². The van der Waals surface area contributed by atoms with Gasteiger partial charge in [0.05, 0.1) is 0 Å². The molecule has 0 bridgehead atoms. The van der Waals surface area contributed by atoms with Gasteiger partial charge in [0.15, 0.2) is 0 Å². The summed E-state index contributed by atoms with van der Waals surface area (Å²) in [5.74, 6) is 4.60. The predicted molar refractivity (Wildman–Crippen MR) is 136 cm³/mol. The minimum atomic E-state index is -1.11. The second-order valence-electron chi connectivity index (χ2n) is 8.31. The van der Waals surface area contributed by atoms with Crippen LogP contribution in [0.2, 0.25) is 0 Å². The van der Waals surface area contributed by atoms with E-state index >= 15 is 0 Å². The van der Waals surface area contributed by atoms with E-state index < -0.39 is 12.0 Å². The number of aromatic nitrogens is 2. The third kappa shape index (κ3) is 5.06. The molecule has 1 atom stereocenters. The van der Waals surface area contributed by atoms with Gasteiger partial charge in [0, 0.05) is 35.6 Å². The molecule has 180 valence electrons. The van der Waals surface area contributed by atoms with Crippen LogP contribution in [-0.4, -0.2) is 37.8 Å². The number of amides is 2. The highest BCUT2D eigenvalue weighted by atomic mass is 16.4. The molecule has 1 aliphatic heterocycles. The molecule has 0 fully saturated rings. The Labute approximate surface area is 212 Å². The predicted octanol–water partition coefficient (Wildman–Crippen LogP) is 3.91. The van der Waals surface area contributed by atoms with Gasteiger partial charge in [0.1, 0.15) is 17.6 Å². The van der Waals surface area contributed by atoms with Crippen LogP contribution in [-0.2, 0) is 11.3 Å². The highest BCUT2D eigenvalue weighted by Crippen LogP contribution is 2.32. The fourth-order valence-corrected chi connectivity index (χ4v) is 4.09. The summed E-state index contributed by atoms with van der Waals surface area (Å²) in [5, 5.41) is 11.8. The fourth-order valence-electron chi connectivity index (χ4n) is 4.09. The number of carbonyl (C=O) groups is 3. The van der Waals surface area contributed by atoms with Crippen molar-refractivity contribution >= 4 is 23.6 Å². The van der Waals surface area contributed by atoms with Crippen LogP contribution in [0.1, 0.15) is 49.1 Å². The molecule has 8 heteroatoms. The zero-order valence-corrected chi connectivity index (χ0v) is 19.5. The lowest BCUT2D eigenvalue weighted by atomic mass is 10.0. The second-order valence-corrected chi connectivity index (χ2v) is 8.31. The Morgan fingerprint density at radius 1 is 0.919 bits per heavy atom. The van der Waals surface area contributed by atoms with Gasteiger partial charge in [-0.25, -0.2) is 14.8 Å². The number of rotatable bonds is 5. The van der Waals surface area contributed by atoms with Crippen molar-refractivity contribution in [2.75, 3.05) is 5.32 Å². The Kier molecular flexibility index (Phi) is 6.43. The third-order valence-corrected chi connectivity index (χ3v) is 5.87. The van der Waals surface area contributed by atoms with Gasteiger partial charge in [-0.3, -0.25) is 9.59 Å². The minimum Gasteiger partial charge on any atom is -0.477 e. The Morgan fingerprint density at radius 3 is 2.38 bits per heavy atom. The summed E-state index contributed by atoms with van der Waals surface area (Å²) in [7, 11) is 0. The number of carboxylic acid groups (broad SMARTS) is 1. The van der Waals surface area contributed by atoms with Crippen LogP contribution in [0, 0.1) is 11.8 Å². The van der Waals surface area contributed by atoms with E-state index in [1.165, 1.54) is 12.3 Å². The molecule has 2 aromatic heterocycles. The molecule has 2 N–H and O–H groups in total. The molecule has 5 rings (SSSR count). The summed E-state index contributed by atoms with van der Waals surface area (Å²) in [6.07, 6.45) is 2.98. The van der Waals surface area contributed by atoms with Gasteiger partial charge in [0.25, 0.3) is 11.8 Å². The lowest BCUT2D eigenvalue weighted by Crippen LogP contribution is -2.37. The van der Waals surface area contributed by atoms with Crippen LogP contribution >= 0.6 is 0 Å². The first-order chi connectivity index (χ1) is 18.0. The largest absolute Gasteiger partial charge is 0.477 e. The molecular weight excluding hydrogens is 468 g/mol. The normalized spacial score (nSPS) is 12.8. The average molecular weight is 489 g/mol. The third-order valence-electron chi connectivity index (χ3n) is 5.87. The van der Waals surface area contributed by atoms with Gasteiger partial charge in [-0.05, 0) is 47.5 Å². The van der Waals surface area contributed by atoms with Gasteiger partial charge in [0.2, 0.25) is 0 Å². The van der Waals surface area contributed by atoms with E-state index in [1.807, 2.05) is 42.5 Å². The molecule has 8 nitrogen and oxygen atoms in total. The smallest absolute Gasteiger partial charge is 0.354 e. The van der Waals surface area contributed by atoms with Gasteiger partial charge in [-0.2, -0.15) is 0 Å². The molecule has 0 radical (unpaired) electrons. The number of hydrogen-bond acceptors (Lipinski definition) is 5. The molecule has 37 heavy (non-hydrogen) atoms. The van der Waals surface area contributed by atoms with Crippen LogP contribution in [0.15, 0.2) is 91.3 Å². The monoisotopic (exact) mass is 488 g/mol. The second kappa shape index (κ2) is 10.1. The average Bonchev–Trinajstić information content (AvgIpc) is 3.24. The standard InChI is InChI=1S/C29H20N4O4/c34-27(32-25-8-4-5-15-30-25)26(21-6-2-1-3-7-21)33-18-22-13-11-19(16-23(22)28(33)35)9-10-20-12-14-24(29(36)37)31-17-20/h1-8,11-17,26H,18H2,(H,36,37)(H,30,32,34). The number of nitrogens with one attached hydrogen (secondary N) is 1. The Balaban J connectivity index is 1.41. The van der Waals surface area contributed by atoms with Gasteiger partial charge < -0.3 is 15.3 Å². The summed E-state index contributed by atoms with van der Waals surface area (Å²) >= 11 is 0. The van der Waals surface area contributed by atoms with Crippen molar-refractivity contribution in [3.63, 3.8) is 0 Å². The van der Waals surface area contributed by atoms with Crippen molar-refractivity contribution in [2.24, 2.45) is 0 Å². The molecule has 1 aliphatic rings. The number of pyridine rings is 2. The van der Waals surface area contributed by atoms with Crippen LogP contribution in [0.3, 0.4) is 0 Å². The van der Waals surface area contributed by atoms with E-state index in [-0.39, 0.29) is 24.1 Å². The van der Waals surface area contributed by atoms with Crippen molar-refractivity contribution in [2.45, 2.75) is 12.6 Å². The molecule has 2 aromatic carbocycles. The van der Waals surface area contributed by atoms with Crippen molar-refractivity contribution in [1.82, 2.24) is 14.9 Å². The maximum Gasteiger partial charge on any atom is 0.354 e. The molecule has 2 amide bonds. The number of aromatic carboxylic acids is 1. The summed E-state index contributed by atoms with van der Waals surface area (Å²) < 4.78 is 0. The quantitative estimate of drug-likeness (QED) is 0.412. The first kappa shape index (κ1) is 23.5. The van der Waals surface area contributed by atoms with Gasteiger partial charge >= 0.3 is 5.97 Å². The first-order valence-electron chi connectivity index (χ1n) is 11.4. The number of carboxylic acids is 1. The highest BCUT2D eigenvalue weighted by Gasteiger charge is 2.37. The SMILES string of the molecule is O=C(O)c1ccc(C#Cc2ccc3c(c2)C(=O)N(C(C(=O)Nc2ccccn2)c2ccccc2)C3)cn1. The number of nitrogens with zero attached hydrogens (tertiary/aromatic N) is 3. The Morgan fingerprint density at radius 2 is 1.68 bits per heavy atom. The lowest BCUT2D eigenvalue weighted by molar-refractivity contribution is -0.120. The number of anilines is 1. The maximum absolute atomic E-state index is 13.5. The first-order valence-corrected chi connectivity index (χ1v) is 11.4. The van der Waals surface area contributed by atoms with Gasteiger partial charge in [-0.15, -0.1) is 0 Å². The Hall–Kier alpha value is -5.29. The van der Waals surface area contributed by atoms with Gasteiger partial charge in [-0.1, -0.05) is 54.3 Å². The minimum absolute atomic E-state index is 0.0613. The molecule has 0 saturated carbocycles. The molecule has 3 heterocycles. The van der Waals surface area contributed by atoms with E-state index in [0.29, 0.717) is 28.1 Å². The molecule has 1 unspecified atom stereocenters. The number of fused-ring (bicyclic) bond motifs is 1. The molecule has 0 spiro atoms. The van der Waals surface area contributed by atoms with Crippen LogP contribution in [0.5, 0.6) is 0 Å². The maximum atomic E-state index is 13.5. The van der Waals surface area contributed by atoms with Crippen molar-refractivity contribution in [1.29, 1.82) is 0 Å². The molecule has 0 saturated heterocycles. The number of hydrogen-bond donors (Lipinski definition) is 2. The van der Waals surface area contributed by atoms with Crippen LogP contribution in [0.4, 0.5) is 5.82 Å². The van der Waals surface area contributed by atoms with Crippen molar-refractivity contribution in [3.8, 4) is 11.8 Å². The zero-order valence-electron chi connectivity index (χ0n) is 19.5. The van der Waals surface area contributed by atoms with E-state index in [0.717, 1.165) is 5.56 Å². The van der Waals surface area contributed by atoms with E-state index in [2.05, 4.69) is 27.1 Å². The topological polar surface area (TPSA) is 112 Å². The Bertz CT molecular complexity index is 1540. The molecule has 0 aliphatic carbocycles. The van der Waals surface area contributed by atoms with Crippen molar-refractivity contribution in [3.05, 3.63) is 125 Å². The van der Waals surface area contributed by atoms with Crippen LogP contribution in [0.25, 0.3) is 0 Å². The summed E-state index contributed by atoms with van der Waals surface area (Å²) in [6, 6.07) is 21.8. The molecular formula is C29H20N4O4. The van der Waals surface area contributed by atoms with Crippen molar-refractivity contribution < 1.29 is 19.5 Å². The summed E-state index contributed by atoms with van der Waals surface area (Å²) in [5.41, 5.74) is 3.08. The number of carbonyl (C=O) groups excluding carboxylic acids is 2. The summed E-state index contributed by atoms with van der Waals surface area (Å²) in [4.78, 5) is 47.4. The lowest BCUT2D eigenvalue weighted by Gasteiger charge is -2.27. The van der Waals surface area contributed by atoms with E-state index in [1.54, 1.807) is 41.4 Å². The van der Waals surface area contributed by atoms with Crippen LogP contribution < -0.4 is 5.32 Å².